The Morgan fingerprint density at radius 2 is 2.12 bits per heavy atom. The number of primary amides is 1. The lowest BCUT2D eigenvalue weighted by Gasteiger charge is -2.12. The van der Waals surface area contributed by atoms with E-state index in [1.54, 1.807) is 23.8 Å². The van der Waals surface area contributed by atoms with Gasteiger partial charge in [-0.15, -0.1) is 0 Å². The average molecular weight is 358 g/mol. The van der Waals surface area contributed by atoms with Gasteiger partial charge in [0.05, 0.1) is 34.5 Å². The third-order valence-electron chi connectivity index (χ3n) is 3.49. The Morgan fingerprint density at radius 3 is 2.80 bits per heavy atom. The highest BCUT2D eigenvalue weighted by Crippen LogP contribution is 2.33. The van der Waals surface area contributed by atoms with Crippen LogP contribution in [-0.2, 0) is 4.79 Å². The van der Waals surface area contributed by atoms with E-state index in [-0.39, 0.29) is 11.4 Å². The molecule has 1 amide bonds. The Kier molecular flexibility index (Phi) is 4.57. The molecule has 0 aliphatic rings. The molecule has 0 unspecified atom stereocenters. The zero-order chi connectivity index (χ0) is 18.0. The van der Waals surface area contributed by atoms with Crippen LogP contribution >= 0.6 is 11.8 Å². The van der Waals surface area contributed by atoms with Gasteiger partial charge in [0.1, 0.15) is 5.75 Å². The summed E-state index contributed by atoms with van der Waals surface area (Å²) in [5.41, 5.74) is 7.02. The predicted molar refractivity (Wildman–Crippen MR) is 94.2 cm³/mol. The van der Waals surface area contributed by atoms with Crippen molar-refractivity contribution in [1.29, 1.82) is 0 Å². The van der Waals surface area contributed by atoms with E-state index in [4.69, 9.17) is 10.5 Å². The van der Waals surface area contributed by atoms with E-state index in [0.717, 1.165) is 11.8 Å². The van der Waals surface area contributed by atoms with Crippen LogP contribution in [0.15, 0.2) is 47.6 Å². The van der Waals surface area contributed by atoms with Gasteiger partial charge < -0.3 is 10.5 Å². The van der Waals surface area contributed by atoms with Gasteiger partial charge in [-0.3, -0.25) is 19.5 Å². The molecule has 2 N–H and O–H groups in total. The number of nitro benzene ring substituents is 1. The number of nitrogens with two attached hydrogens (primary N) is 1. The Hall–Kier alpha value is -3.07. The molecule has 0 aliphatic heterocycles. The molecule has 0 aliphatic carbocycles. The quantitative estimate of drug-likeness (QED) is 0.411. The fourth-order valence-electron chi connectivity index (χ4n) is 2.44. The van der Waals surface area contributed by atoms with Crippen molar-refractivity contribution in [3.8, 4) is 11.4 Å². The summed E-state index contributed by atoms with van der Waals surface area (Å²) in [4.78, 5) is 26.1. The second-order valence-electron chi connectivity index (χ2n) is 5.09. The number of nitro groups is 1. The minimum atomic E-state index is -0.477. The average Bonchev–Trinajstić information content (AvgIpc) is 2.97. The second kappa shape index (κ2) is 6.81. The van der Waals surface area contributed by atoms with Crippen LogP contribution in [0.25, 0.3) is 16.7 Å². The first-order valence-electron chi connectivity index (χ1n) is 7.22. The van der Waals surface area contributed by atoms with E-state index in [2.05, 4.69) is 4.98 Å². The normalized spacial score (nSPS) is 10.8. The number of carbonyl (C=O) groups is 1. The van der Waals surface area contributed by atoms with Gasteiger partial charge in [-0.2, -0.15) is 0 Å². The number of methoxy groups -OCH3 is 1. The van der Waals surface area contributed by atoms with Crippen LogP contribution in [0.1, 0.15) is 0 Å². The number of ether oxygens (including phenoxy) is 1. The zero-order valence-corrected chi connectivity index (χ0v) is 14.0. The van der Waals surface area contributed by atoms with Crippen LogP contribution < -0.4 is 10.5 Å². The molecular formula is C16H14N4O4S. The second-order valence-corrected chi connectivity index (χ2v) is 6.03. The molecule has 0 radical (unpaired) electrons. The summed E-state index contributed by atoms with van der Waals surface area (Å²) in [6, 6.07) is 11.8. The number of benzene rings is 2. The molecule has 0 spiro atoms. The van der Waals surface area contributed by atoms with Crippen molar-refractivity contribution < 1.29 is 14.5 Å². The molecule has 0 atom stereocenters. The first-order chi connectivity index (χ1) is 12.0. The lowest BCUT2D eigenvalue weighted by atomic mass is 10.2. The van der Waals surface area contributed by atoms with Crippen molar-refractivity contribution in [2.75, 3.05) is 12.9 Å². The minimum absolute atomic E-state index is 0.0422. The molecule has 0 saturated heterocycles. The molecule has 8 nitrogen and oxygen atoms in total. The van der Waals surface area contributed by atoms with Gasteiger partial charge >= 0.3 is 0 Å². The van der Waals surface area contributed by atoms with E-state index < -0.39 is 10.8 Å². The van der Waals surface area contributed by atoms with Crippen LogP contribution in [0.4, 0.5) is 5.69 Å². The lowest BCUT2D eigenvalue weighted by molar-refractivity contribution is -0.384. The van der Waals surface area contributed by atoms with Crippen LogP contribution in [0.5, 0.6) is 5.75 Å². The zero-order valence-electron chi connectivity index (χ0n) is 13.2. The van der Waals surface area contributed by atoms with Crippen molar-refractivity contribution in [2.24, 2.45) is 5.73 Å². The van der Waals surface area contributed by atoms with Gasteiger partial charge in [0.25, 0.3) is 5.69 Å². The highest BCUT2D eigenvalue weighted by Gasteiger charge is 2.18. The Balaban J connectivity index is 2.24. The Labute approximate surface area is 146 Å². The van der Waals surface area contributed by atoms with Gasteiger partial charge in [0, 0.05) is 12.1 Å². The Morgan fingerprint density at radius 1 is 1.36 bits per heavy atom. The van der Waals surface area contributed by atoms with E-state index >= 15 is 0 Å². The van der Waals surface area contributed by atoms with Crippen LogP contribution in [0, 0.1) is 10.1 Å². The number of para-hydroxylation sites is 2. The van der Waals surface area contributed by atoms with Gasteiger partial charge in [0.15, 0.2) is 5.16 Å². The summed E-state index contributed by atoms with van der Waals surface area (Å²) in [6.07, 6.45) is 0. The molecule has 25 heavy (non-hydrogen) atoms. The predicted octanol–water partition coefficient (Wildman–Crippen LogP) is 2.52. The van der Waals surface area contributed by atoms with Crippen molar-refractivity contribution in [3.63, 3.8) is 0 Å². The fourth-order valence-corrected chi connectivity index (χ4v) is 3.20. The first-order valence-corrected chi connectivity index (χ1v) is 8.21. The van der Waals surface area contributed by atoms with Gasteiger partial charge in [-0.1, -0.05) is 23.9 Å². The topological polar surface area (TPSA) is 113 Å². The van der Waals surface area contributed by atoms with E-state index in [1.807, 2.05) is 18.2 Å². The third kappa shape index (κ3) is 3.26. The summed E-state index contributed by atoms with van der Waals surface area (Å²) in [6.45, 7) is 0. The van der Waals surface area contributed by atoms with Gasteiger partial charge in [-0.05, 0) is 18.2 Å². The summed E-state index contributed by atoms with van der Waals surface area (Å²) < 4.78 is 7.20. The lowest BCUT2D eigenvalue weighted by Crippen LogP contribution is -2.13. The first kappa shape index (κ1) is 16.8. The molecule has 0 fully saturated rings. The SMILES string of the molecule is COc1ccccc1-n1c(SCC(N)=O)nc2cc([N+](=O)[O-])ccc21. The van der Waals surface area contributed by atoms with Crippen molar-refractivity contribution in [1.82, 2.24) is 9.55 Å². The van der Waals surface area contributed by atoms with E-state index in [9.17, 15) is 14.9 Å². The highest BCUT2D eigenvalue weighted by atomic mass is 32.2. The Bertz CT molecular complexity index is 970. The number of hydrogen-bond donors (Lipinski definition) is 1. The monoisotopic (exact) mass is 358 g/mol. The number of nitrogens with zero attached hydrogens (tertiary/aromatic N) is 3. The molecule has 128 valence electrons. The largest absolute Gasteiger partial charge is 0.495 e. The number of amides is 1. The van der Waals surface area contributed by atoms with Crippen molar-refractivity contribution in [3.05, 3.63) is 52.6 Å². The highest BCUT2D eigenvalue weighted by molar-refractivity contribution is 7.99. The fraction of sp³-hybridized carbons (Fsp3) is 0.125. The minimum Gasteiger partial charge on any atom is -0.495 e. The summed E-state index contributed by atoms with van der Waals surface area (Å²) in [5.74, 6) is 0.177. The number of hydrogen-bond acceptors (Lipinski definition) is 6. The number of thioether (sulfide) groups is 1. The molecule has 1 aromatic heterocycles. The molecule has 0 bridgehead atoms. The standard InChI is InChI=1S/C16H14N4O4S/c1-24-14-5-3-2-4-13(14)19-12-7-6-10(20(22)23)8-11(12)18-16(19)25-9-15(17)21/h2-8H,9H2,1H3,(H2,17,21). The van der Waals surface area contributed by atoms with Gasteiger partial charge in [0.2, 0.25) is 5.91 Å². The molecular weight excluding hydrogens is 344 g/mol. The van der Waals surface area contributed by atoms with Crippen LogP contribution in [-0.4, -0.2) is 33.2 Å². The van der Waals surface area contributed by atoms with E-state index in [0.29, 0.717) is 27.6 Å². The number of aromatic nitrogens is 2. The maximum atomic E-state index is 11.2. The number of non-ortho nitro benzene ring substituents is 1. The third-order valence-corrected chi connectivity index (χ3v) is 4.45. The summed E-state index contributed by atoms with van der Waals surface area (Å²) in [5, 5.41) is 11.5. The van der Waals surface area contributed by atoms with Crippen LogP contribution in [0.2, 0.25) is 0 Å². The van der Waals surface area contributed by atoms with E-state index in [1.165, 1.54) is 12.1 Å². The maximum Gasteiger partial charge on any atom is 0.271 e. The van der Waals surface area contributed by atoms with Crippen molar-refractivity contribution in [2.45, 2.75) is 5.16 Å². The molecule has 9 heteroatoms. The molecule has 3 aromatic rings. The van der Waals surface area contributed by atoms with Crippen molar-refractivity contribution >= 4 is 34.4 Å². The summed E-state index contributed by atoms with van der Waals surface area (Å²) >= 11 is 1.16. The van der Waals surface area contributed by atoms with Crippen LogP contribution in [0.3, 0.4) is 0 Å². The smallest absolute Gasteiger partial charge is 0.271 e. The molecule has 2 aromatic carbocycles. The molecule has 0 saturated carbocycles. The maximum absolute atomic E-state index is 11.2. The molecule has 3 rings (SSSR count). The molecule has 1 heterocycles. The number of rotatable bonds is 6. The number of carbonyl (C=O) groups excluding carboxylic acids is 1. The van der Waals surface area contributed by atoms with Gasteiger partial charge in [-0.25, -0.2) is 4.98 Å². The summed E-state index contributed by atoms with van der Waals surface area (Å²) in [7, 11) is 1.55. The number of imidazole rings is 1. The number of fused-ring (bicyclic) bond motifs is 1.